The molecule has 0 bridgehead atoms. The van der Waals surface area contributed by atoms with E-state index in [1.54, 1.807) is 28.8 Å². The van der Waals surface area contributed by atoms with Gasteiger partial charge in [0, 0.05) is 28.6 Å². The maximum Gasteiger partial charge on any atom is 0.391 e. The normalized spacial score (nSPS) is 11.1. The van der Waals surface area contributed by atoms with Crippen LogP contribution in [-0.4, -0.2) is 24.4 Å². The first-order chi connectivity index (χ1) is 17.4. The lowest BCUT2D eigenvalue weighted by molar-refractivity contribution is 0.375. The molecule has 8 nitrogen and oxygen atoms in total. The number of nitrogens with zero attached hydrogens (tertiary/aromatic N) is 3. The SMILES string of the molecule is N#Cc1ccc(-c2cc(=O)[nH]c3c(-c4ccc(Cl)cc4)c(Cc4ccccc4)nn23)c(OP(O)O)c1. The summed E-state index contributed by atoms with van der Waals surface area (Å²) in [5.41, 5.74) is 4.37. The predicted molar refractivity (Wildman–Crippen MR) is 138 cm³/mol. The molecule has 0 saturated heterocycles. The van der Waals surface area contributed by atoms with Crippen molar-refractivity contribution in [2.45, 2.75) is 6.42 Å². The molecule has 0 aliphatic carbocycles. The minimum atomic E-state index is -2.76. The van der Waals surface area contributed by atoms with E-state index in [0.717, 1.165) is 16.7 Å². The Labute approximate surface area is 211 Å². The minimum Gasteiger partial charge on any atom is -0.426 e. The number of aromatic nitrogens is 3. The Bertz CT molecular complexity index is 1660. The van der Waals surface area contributed by atoms with Gasteiger partial charge in [0.1, 0.15) is 11.4 Å². The number of rotatable bonds is 6. The van der Waals surface area contributed by atoms with E-state index in [0.29, 0.717) is 34.0 Å². The van der Waals surface area contributed by atoms with E-state index in [1.165, 1.54) is 12.1 Å². The van der Waals surface area contributed by atoms with E-state index in [-0.39, 0.29) is 16.9 Å². The summed E-state index contributed by atoms with van der Waals surface area (Å²) in [6.07, 6.45) is 0.497. The van der Waals surface area contributed by atoms with Gasteiger partial charge in [0.05, 0.1) is 23.0 Å². The van der Waals surface area contributed by atoms with E-state index in [9.17, 15) is 19.8 Å². The van der Waals surface area contributed by atoms with Gasteiger partial charge in [0.15, 0.2) is 0 Å². The second-order valence-electron chi connectivity index (χ2n) is 7.94. The van der Waals surface area contributed by atoms with Gasteiger partial charge < -0.3 is 19.3 Å². The monoisotopic (exact) mass is 516 g/mol. The molecule has 0 radical (unpaired) electrons. The maximum absolute atomic E-state index is 12.8. The Kier molecular flexibility index (Phi) is 6.55. The number of H-pyrrole nitrogens is 1. The highest BCUT2D eigenvalue weighted by molar-refractivity contribution is 7.39. The van der Waals surface area contributed by atoms with E-state index in [1.807, 2.05) is 48.5 Å². The smallest absolute Gasteiger partial charge is 0.391 e. The fraction of sp³-hybridized carbons (Fsp3) is 0.0385. The van der Waals surface area contributed by atoms with Crippen molar-refractivity contribution < 1.29 is 14.3 Å². The van der Waals surface area contributed by atoms with Crippen LogP contribution in [0.15, 0.2) is 83.7 Å². The van der Waals surface area contributed by atoms with Crippen molar-refractivity contribution in [3.63, 3.8) is 0 Å². The van der Waals surface area contributed by atoms with Crippen LogP contribution in [0.2, 0.25) is 5.02 Å². The lowest BCUT2D eigenvalue weighted by atomic mass is 10.0. The zero-order valence-electron chi connectivity index (χ0n) is 18.6. The summed E-state index contributed by atoms with van der Waals surface area (Å²) in [5.74, 6) is 0.0465. The first-order valence-corrected chi connectivity index (χ1v) is 12.3. The van der Waals surface area contributed by atoms with E-state index >= 15 is 0 Å². The lowest BCUT2D eigenvalue weighted by Crippen LogP contribution is -2.10. The molecule has 3 aromatic carbocycles. The van der Waals surface area contributed by atoms with Crippen LogP contribution < -0.4 is 10.1 Å². The quantitative estimate of drug-likeness (QED) is 0.271. The molecule has 10 heteroatoms. The molecular formula is C26H18ClN4O4P. The molecule has 5 aromatic rings. The summed E-state index contributed by atoms with van der Waals surface area (Å²) in [6, 6.07) is 25.0. The molecule has 3 N–H and O–H groups in total. The summed E-state index contributed by atoms with van der Waals surface area (Å²) in [7, 11) is -2.76. The number of benzene rings is 3. The van der Waals surface area contributed by atoms with Crippen LogP contribution >= 0.6 is 20.2 Å². The van der Waals surface area contributed by atoms with Crippen LogP contribution in [0.4, 0.5) is 0 Å². The van der Waals surface area contributed by atoms with Crippen LogP contribution in [0.1, 0.15) is 16.8 Å². The minimum absolute atomic E-state index is 0.0465. The lowest BCUT2D eigenvalue weighted by Gasteiger charge is -2.12. The standard InChI is InChI=1S/C26H18ClN4O4P/c27-19-9-7-18(8-10-19)25-21(12-16-4-2-1-3-5-16)30-31-22(14-24(32)29-26(25)31)20-11-6-17(15-28)13-23(20)35-36(33)34/h1-11,13-14,33-34H,12H2,(H,29,32). The number of hydrogen-bond donors (Lipinski definition) is 3. The van der Waals surface area contributed by atoms with Crippen molar-refractivity contribution in [2.24, 2.45) is 0 Å². The van der Waals surface area contributed by atoms with Crippen molar-refractivity contribution in [1.82, 2.24) is 14.6 Å². The molecule has 2 heterocycles. The van der Waals surface area contributed by atoms with Gasteiger partial charge in [-0.2, -0.15) is 10.4 Å². The Morgan fingerprint density at radius 3 is 2.50 bits per heavy atom. The second kappa shape index (κ2) is 9.94. The van der Waals surface area contributed by atoms with Gasteiger partial charge in [-0.25, -0.2) is 4.52 Å². The van der Waals surface area contributed by atoms with E-state index in [4.69, 9.17) is 21.2 Å². The molecule has 0 saturated carbocycles. The predicted octanol–water partition coefficient (Wildman–Crippen LogP) is 5.06. The molecule has 0 amide bonds. The Balaban J connectivity index is 1.79. The fourth-order valence-electron chi connectivity index (χ4n) is 4.08. The van der Waals surface area contributed by atoms with Gasteiger partial charge in [-0.3, -0.25) is 4.79 Å². The molecule has 178 valence electrons. The summed E-state index contributed by atoms with van der Waals surface area (Å²) < 4.78 is 6.81. The molecule has 36 heavy (non-hydrogen) atoms. The second-order valence-corrected chi connectivity index (χ2v) is 9.06. The summed E-state index contributed by atoms with van der Waals surface area (Å²) in [6.45, 7) is 0. The average Bonchev–Trinajstić information content (AvgIpc) is 3.22. The van der Waals surface area contributed by atoms with Crippen molar-refractivity contribution in [1.29, 1.82) is 5.26 Å². The van der Waals surface area contributed by atoms with Gasteiger partial charge in [-0.05, 0) is 41.5 Å². The highest BCUT2D eigenvalue weighted by Gasteiger charge is 2.21. The van der Waals surface area contributed by atoms with E-state index < -0.39 is 8.60 Å². The molecule has 0 fully saturated rings. The molecule has 2 aromatic heterocycles. The molecule has 0 aliphatic rings. The third-order valence-electron chi connectivity index (χ3n) is 5.61. The average molecular weight is 517 g/mol. The van der Waals surface area contributed by atoms with Gasteiger partial charge in [0.25, 0.3) is 5.56 Å². The number of halogens is 1. The zero-order valence-corrected chi connectivity index (χ0v) is 20.2. The highest BCUT2D eigenvalue weighted by Crippen LogP contribution is 2.39. The van der Waals surface area contributed by atoms with E-state index in [2.05, 4.69) is 4.98 Å². The van der Waals surface area contributed by atoms with Crippen LogP contribution in [0, 0.1) is 11.3 Å². The number of hydrogen-bond acceptors (Lipinski definition) is 6. The third kappa shape index (κ3) is 4.74. The Morgan fingerprint density at radius 1 is 1.06 bits per heavy atom. The van der Waals surface area contributed by atoms with Gasteiger partial charge in [-0.1, -0.05) is 54.1 Å². The van der Waals surface area contributed by atoms with Gasteiger partial charge in [0.2, 0.25) is 0 Å². The molecular weight excluding hydrogens is 499 g/mol. The molecule has 0 atom stereocenters. The van der Waals surface area contributed by atoms with Crippen molar-refractivity contribution in [3.8, 4) is 34.2 Å². The molecule has 5 rings (SSSR count). The number of aromatic amines is 1. The largest absolute Gasteiger partial charge is 0.426 e. The topological polar surface area (TPSA) is 124 Å². The number of fused-ring (bicyclic) bond motifs is 1. The third-order valence-corrected chi connectivity index (χ3v) is 6.22. The van der Waals surface area contributed by atoms with Crippen LogP contribution in [0.3, 0.4) is 0 Å². The summed E-state index contributed by atoms with van der Waals surface area (Å²) >= 11 is 6.12. The molecule has 0 spiro atoms. The van der Waals surface area contributed by atoms with Gasteiger partial charge in [-0.15, -0.1) is 0 Å². The van der Waals surface area contributed by atoms with Crippen molar-refractivity contribution >= 4 is 25.9 Å². The number of nitrogens with one attached hydrogen (secondary N) is 1. The summed E-state index contributed by atoms with van der Waals surface area (Å²) in [5, 5.41) is 14.7. The first kappa shape index (κ1) is 23.7. The Morgan fingerprint density at radius 2 is 1.81 bits per heavy atom. The number of nitriles is 1. The van der Waals surface area contributed by atoms with Crippen molar-refractivity contribution in [2.75, 3.05) is 0 Å². The maximum atomic E-state index is 12.8. The highest BCUT2D eigenvalue weighted by atomic mass is 35.5. The molecule has 0 unspecified atom stereocenters. The fourth-order valence-corrected chi connectivity index (χ4v) is 4.54. The van der Waals surface area contributed by atoms with Crippen LogP contribution in [-0.2, 0) is 6.42 Å². The van der Waals surface area contributed by atoms with Gasteiger partial charge >= 0.3 is 8.60 Å². The molecule has 0 aliphatic heterocycles. The van der Waals surface area contributed by atoms with Crippen LogP contribution in [0.5, 0.6) is 5.75 Å². The summed E-state index contributed by atoms with van der Waals surface area (Å²) in [4.78, 5) is 34.7. The van der Waals surface area contributed by atoms with Crippen LogP contribution in [0.25, 0.3) is 28.0 Å². The Hall–Kier alpha value is -3.99. The zero-order chi connectivity index (χ0) is 25.2. The first-order valence-electron chi connectivity index (χ1n) is 10.8. The van der Waals surface area contributed by atoms with Crippen molar-refractivity contribution in [3.05, 3.63) is 111 Å².